The van der Waals surface area contributed by atoms with Gasteiger partial charge in [-0.05, 0) is 42.6 Å². The highest BCUT2D eigenvalue weighted by atomic mass is 32.2. The highest BCUT2D eigenvalue weighted by molar-refractivity contribution is 7.99. The molecule has 0 fully saturated rings. The SMILES string of the molecule is CC(NC(=O)CSc1nnnn1C(C)C)c1cccs1. The molecule has 108 valence electrons. The average molecular weight is 311 g/mol. The van der Waals surface area contributed by atoms with Crippen molar-refractivity contribution >= 4 is 29.0 Å². The summed E-state index contributed by atoms with van der Waals surface area (Å²) >= 11 is 2.98. The lowest BCUT2D eigenvalue weighted by molar-refractivity contribution is -0.119. The van der Waals surface area contributed by atoms with E-state index in [1.54, 1.807) is 16.0 Å². The van der Waals surface area contributed by atoms with Crippen molar-refractivity contribution in [3.05, 3.63) is 22.4 Å². The van der Waals surface area contributed by atoms with Crippen LogP contribution in [-0.4, -0.2) is 31.9 Å². The molecule has 0 aliphatic carbocycles. The van der Waals surface area contributed by atoms with Crippen molar-refractivity contribution in [2.75, 3.05) is 5.75 Å². The van der Waals surface area contributed by atoms with Crippen molar-refractivity contribution < 1.29 is 4.79 Å². The summed E-state index contributed by atoms with van der Waals surface area (Å²) in [4.78, 5) is 13.1. The molecule has 2 heterocycles. The summed E-state index contributed by atoms with van der Waals surface area (Å²) in [6.07, 6.45) is 0. The fourth-order valence-electron chi connectivity index (χ4n) is 1.63. The number of hydrogen-bond donors (Lipinski definition) is 1. The summed E-state index contributed by atoms with van der Waals surface area (Å²) in [5.41, 5.74) is 0. The van der Waals surface area contributed by atoms with E-state index in [4.69, 9.17) is 0 Å². The standard InChI is InChI=1S/C12H17N5OS2/c1-8(2)17-12(14-15-16-17)20-7-11(18)13-9(3)10-5-4-6-19-10/h4-6,8-9H,7H2,1-3H3,(H,13,18). The molecule has 2 aromatic rings. The highest BCUT2D eigenvalue weighted by Gasteiger charge is 2.14. The molecule has 1 unspecified atom stereocenters. The normalized spacial score (nSPS) is 12.6. The predicted octanol–water partition coefficient (Wildman–Crippen LogP) is 2.29. The number of nitrogens with one attached hydrogen (secondary N) is 1. The topological polar surface area (TPSA) is 72.7 Å². The summed E-state index contributed by atoms with van der Waals surface area (Å²) in [5.74, 6) is 0.289. The van der Waals surface area contributed by atoms with E-state index in [2.05, 4.69) is 20.8 Å². The molecule has 0 radical (unpaired) electrons. The van der Waals surface area contributed by atoms with Crippen molar-refractivity contribution in [2.45, 2.75) is 38.0 Å². The molecule has 2 aromatic heterocycles. The molecule has 0 bridgehead atoms. The van der Waals surface area contributed by atoms with Gasteiger partial charge in [0.2, 0.25) is 11.1 Å². The molecule has 0 saturated carbocycles. The number of aromatic nitrogens is 4. The van der Waals surface area contributed by atoms with Gasteiger partial charge in [-0.3, -0.25) is 4.79 Å². The van der Waals surface area contributed by atoms with Gasteiger partial charge in [-0.25, -0.2) is 4.68 Å². The van der Waals surface area contributed by atoms with E-state index in [0.29, 0.717) is 10.9 Å². The molecule has 8 heteroatoms. The van der Waals surface area contributed by atoms with Crippen LogP contribution in [0.2, 0.25) is 0 Å². The Labute approximate surface area is 126 Å². The van der Waals surface area contributed by atoms with Crippen LogP contribution in [0, 0.1) is 0 Å². The van der Waals surface area contributed by atoms with E-state index in [0.717, 1.165) is 4.88 Å². The van der Waals surface area contributed by atoms with Crippen molar-refractivity contribution in [1.29, 1.82) is 0 Å². The van der Waals surface area contributed by atoms with Crippen molar-refractivity contribution in [2.24, 2.45) is 0 Å². The van der Waals surface area contributed by atoms with Gasteiger partial charge in [0.1, 0.15) is 0 Å². The van der Waals surface area contributed by atoms with E-state index < -0.39 is 0 Å². The first kappa shape index (κ1) is 15.0. The third kappa shape index (κ3) is 3.80. The zero-order valence-electron chi connectivity index (χ0n) is 11.6. The third-order valence-electron chi connectivity index (χ3n) is 2.63. The number of thioether (sulfide) groups is 1. The minimum absolute atomic E-state index is 0.0193. The predicted molar refractivity (Wildman–Crippen MR) is 79.8 cm³/mol. The fourth-order valence-corrected chi connectivity index (χ4v) is 3.18. The van der Waals surface area contributed by atoms with Gasteiger partial charge in [-0.1, -0.05) is 17.8 Å². The molecule has 1 N–H and O–H groups in total. The molecule has 0 saturated heterocycles. The first-order valence-corrected chi connectivity index (χ1v) is 8.18. The smallest absolute Gasteiger partial charge is 0.230 e. The van der Waals surface area contributed by atoms with Gasteiger partial charge in [0.25, 0.3) is 0 Å². The van der Waals surface area contributed by atoms with Gasteiger partial charge in [0.15, 0.2) is 0 Å². The van der Waals surface area contributed by atoms with Crippen LogP contribution in [0.25, 0.3) is 0 Å². The fraction of sp³-hybridized carbons (Fsp3) is 0.500. The number of tetrazole rings is 1. The van der Waals surface area contributed by atoms with E-state index in [-0.39, 0.29) is 18.0 Å². The monoisotopic (exact) mass is 311 g/mol. The van der Waals surface area contributed by atoms with Crippen LogP contribution >= 0.6 is 23.1 Å². The first-order valence-electron chi connectivity index (χ1n) is 6.31. The van der Waals surface area contributed by atoms with Crippen molar-refractivity contribution in [1.82, 2.24) is 25.5 Å². The summed E-state index contributed by atoms with van der Waals surface area (Å²) in [6, 6.07) is 4.21. The molecule has 1 atom stereocenters. The Bertz CT molecular complexity index is 552. The van der Waals surface area contributed by atoms with Crippen LogP contribution in [0.5, 0.6) is 0 Å². The number of hydrogen-bond acceptors (Lipinski definition) is 6. The molecule has 0 aliphatic heterocycles. The quantitative estimate of drug-likeness (QED) is 0.829. The van der Waals surface area contributed by atoms with E-state index in [1.165, 1.54) is 11.8 Å². The first-order chi connectivity index (χ1) is 9.58. The maximum Gasteiger partial charge on any atom is 0.230 e. The molecular weight excluding hydrogens is 294 g/mol. The van der Waals surface area contributed by atoms with Gasteiger partial charge in [-0.15, -0.1) is 16.4 Å². The van der Waals surface area contributed by atoms with Crippen molar-refractivity contribution in [3.63, 3.8) is 0 Å². The Morgan fingerprint density at radius 3 is 2.95 bits per heavy atom. The van der Waals surface area contributed by atoms with Gasteiger partial charge < -0.3 is 5.32 Å². The molecule has 0 aliphatic rings. The summed E-state index contributed by atoms with van der Waals surface area (Å²) < 4.78 is 1.71. The minimum Gasteiger partial charge on any atom is -0.348 e. The van der Waals surface area contributed by atoms with Gasteiger partial charge in [0.05, 0.1) is 17.8 Å². The Kier molecular flexibility index (Phi) is 5.13. The zero-order valence-corrected chi connectivity index (χ0v) is 13.2. The Morgan fingerprint density at radius 1 is 1.50 bits per heavy atom. The lowest BCUT2D eigenvalue weighted by atomic mass is 10.3. The van der Waals surface area contributed by atoms with Crippen LogP contribution in [0.1, 0.15) is 37.7 Å². The number of amides is 1. The summed E-state index contributed by atoms with van der Waals surface area (Å²) in [7, 11) is 0. The summed E-state index contributed by atoms with van der Waals surface area (Å²) in [6.45, 7) is 5.98. The zero-order chi connectivity index (χ0) is 14.5. The van der Waals surface area contributed by atoms with Gasteiger partial charge >= 0.3 is 0 Å². The molecule has 2 rings (SSSR count). The number of carbonyl (C=O) groups excluding carboxylic acids is 1. The molecule has 1 amide bonds. The van der Waals surface area contributed by atoms with Gasteiger partial charge in [0, 0.05) is 4.88 Å². The molecular formula is C12H17N5OS2. The van der Waals surface area contributed by atoms with E-state index in [9.17, 15) is 4.79 Å². The number of thiophene rings is 1. The van der Waals surface area contributed by atoms with Crippen LogP contribution in [0.15, 0.2) is 22.7 Å². The number of nitrogens with zero attached hydrogens (tertiary/aromatic N) is 4. The molecule has 0 spiro atoms. The minimum atomic E-state index is -0.0193. The van der Waals surface area contributed by atoms with Crippen LogP contribution < -0.4 is 5.32 Å². The lowest BCUT2D eigenvalue weighted by Gasteiger charge is -2.12. The second-order valence-electron chi connectivity index (χ2n) is 4.59. The third-order valence-corrected chi connectivity index (χ3v) is 4.62. The molecule has 0 aromatic carbocycles. The van der Waals surface area contributed by atoms with Gasteiger partial charge in [-0.2, -0.15) is 0 Å². The van der Waals surface area contributed by atoms with Crippen molar-refractivity contribution in [3.8, 4) is 0 Å². The van der Waals surface area contributed by atoms with Crippen LogP contribution in [0.3, 0.4) is 0 Å². The Balaban J connectivity index is 1.85. The summed E-state index contributed by atoms with van der Waals surface area (Å²) in [5, 5.41) is 17.1. The maximum atomic E-state index is 11.9. The highest BCUT2D eigenvalue weighted by Crippen LogP contribution is 2.20. The molecule has 6 nitrogen and oxygen atoms in total. The lowest BCUT2D eigenvalue weighted by Crippen LogP contribution is -2.27. The van der Waals surface area contributed by atoms with E-state index >= 15 is 0 Å². The average Bonchev–Trinajstić information content (AvgIpc) is 3.07. The maximum absolute atomic E-state index is 11.9. The second-order valence-corrected chi connectivity index (χ2v) is 6.51. The van der Waals surface area contributed by atoms with Crippen LogP contribution in [0.4, 0.5) is 0 Å². The Morgan fingerprint density at radius 2 is 2.30 bits per heavy atom. The Hall–Kier alpha value is -1.41. The second kappa shape index (κ2) is 6.85. The number of carbonyl (C=O) groups is 1. The number of rotatable bonds is 6. The largest absolute Gasteiger partial charge is 0.348 e. The van der Waals surface area contributed by atoms with E-state index in [1.807, 2.05) is 38.3 Å². The van der Waals surface area contributed by atoms with Crippen LogP contribution in [-0.2, 0) is 4.79 Å². The molecule has 20 heavy (non-hydrogen) atoms.